The second kappa shape index (κ2) is 5.68. The first-order chi connectivity index (χ1) is 9.82. The van der Waals surface area contributed by atoms with Gasteiger partial charge in [0.25, 0.3) is 5.82 Å². The number of nitrogen functional groups attached to an aromatic ring is 1. The van der Waals surface area contributed by atoms with E-state index in [0.29, 0.717) is 10.4 Å². The van der Waals surface area contributed by atoms with Gasteiger partial charge in [-0.1, -0.05) is 11.8 Å². The van der Waals surface area contributed by atoms with Gasteiger partial charge >= 0.3 is 12.1 Å². The average molecular weight is 322 g/mol. The van der Waals surface area contributed by atoms with Crippen LogP contribution in [0, 0.1) is 0 Å². The van der Waals surface area contributed by atoms with E-state index in [2.05, 4.69) is 14.9 Å². The normalized spacial score (nSPS) is 11.6. The Morgan fingerprint density at radius 1 is 1.48 bits per heavy atom. The fourth-order valence-corrected chi connectivity index (χ4v) is 2.12. The molecule has 7 nitrogen and oxygen atoms in total. The van der Waals surface area contributed by atoms with Gasteiger partial charge in [-0.25, -0.2) is 9.47 Å². The molecule has 0 unspecified atom stereocenters. The topological polar surface area (TPSA) is 96.2 Å². The Bertz CT molecular complexity index is 652. The van der Waals surface area contributed by atoms with Crippen LogP contribution in [0.3, 0.4) is 0 Å². The molecule has 0 fully saturated rings. The fourth-order valence-electron chi connectivity index (χ4n) is 1.37. The number of aromatic nitrogens is 3. The molecule has 0 aliphatic rings. The van der Waals surface area contributed by atoms with Crippen molar-refractivity contribution in [3.05, 3.63) is 29.5 Å². The van der Waals surface area contributed by atoms with E-state index in [4.69, 9.17) is 10.3 Å². The van der Waals surface area contributed by atoms with Crippen LogP contribution in [0.4, 0.5) is 13.2 Å². The van der Waals surface area contributed by atoms with Gasteiger partial charge in [0.15, 0.2) is 0 Å². The highest BCUT2D eigenvalue weighted by Gasteiger charge is 2.38. The van der Waals surface area contributed by atoms with Crippen molar-refractivity contribution in [2.75, 3.05) is 13.0 Å². The predicted octanol–water partition coefficient (Wildman–Crippen LogP) is 1.68. The van der Waals surface area contributed by atoms with E-state index >= 15 is 0 Å². The zero-order valence-electron chi connectivity index (χ0n) is 10.5. The van der Waals surface area contributed by atoms with Crippen molar-refractivity contribution >= 4 is 17.7 Å². The Hall–Kier alpha value is -2.17. The minimum absolute atomic E-state index is 0.00158. The predicted molar refractivity (Wildman–Crippen MR) is 64.8 cm³/mol. The first-order valence-electron chi connectivity index (χ1n) is 5.40. The Kier molecular flexibility index (Phi) is 4.11. The van der Waals surface area contributed by atoms with Crippen LogP contribution in [0.1, 0.15) is 22.1 Å². The summed E-state index contributed by atoms with van der Waals surface area (Å²) in [4.78, 5) is 11.2. The number of methoxy groups -OCH3 is 1. The summed E-state index contributed by atoms with van der Waals surface area (Å²) in [5.74, 6) is 3.82. The smallest absolute Gasteiger partial charge is 0.453 e. The van der Waals surface area contributed by atoms with Gasteiger partial charge in [-0.2, -0.15) is 13.2 Å². The third-order valence-corrected chi connectivity index (χ3v) is 3.28. The van der Waals surface area contributed by atoms with E-state index < -0.39 is 18.0 Å². The van der Waals surface area contributed by atoms with Crippen LogP contribution < -0.4 is 5.84 Å². The van der Waals surface area contributed by atoms with Gasteiger partial charge in [-0.05, 0) is 12.1 Å². The molecule has 2 N–H and O–H groups in total. The SMILES string of the molecule is COC(=O)c1ccc(CSc2nnc(C(F)(F)F)n2N)o1. The summed E-state index contributed by atoms with van der Waals surface area (Å²) in [5, 5.41) is 6.21. The number of esters is 1. The van der Waals surface area contributed by atoms with Gasteiger partial charge < -0.3 is 15.0 Å². The van der Waals surface area contributed by atoms with Gasteiger partial charge in [0.1, 0.15) is 5.76 Å². The van der Waals surface area contributed by atoms with Crippen LogP contribution in [-0.4, -0.2) is 28.0 Å². The molecule has 0 saturated heterocycles. The van der Waals surface area contributed by atoms with Crippen molar-refractivity contribution in [1.29, 1.82) is 0 Å². The maximum Gasteiger partial charge on any atom is 0.453 e. The van der Waals surface area contributed by atoms with Crippen LogP contribution in [0.25, 0.3) is 0 Å². The minimum Gasteiger partial charge on any atom is -0.463 e. The Morgan fingerprint density at radius 2 is 2.19 bits per heavy atom. The Labute approximate surface area is 120 Å². The molecule has 2 aromatic rings. The molecule has 0 radical (unpaired) electrons. The number of alkyl halides is 3. The largest absolute Gasteiger partial charge is 0.463 e. The summed E-state index contributed by atoms with van der Waals surface area (Å²) in [6.45, 7) is 0. The molecule has 0 saturated carbocycles. The summed E-state index contributed by atoms with van der Waals surface area (Å²) in [5.41, 5.74) is 0. The van der Waals surface area contributed by atoms with E-state index in [1.807, 2.05) is 0 Å². The van der Waals surface area contributed by atoms with Gasteiger partial charge in [0.2, 0.25) is 10.9 Å². The number of thioether (sulfide) groups is 1. The molecule has 2 rings (SSSR count). The lowest BCUT2D eigenvalue weighted by Gasteiger charge is -2.05. The minimum atomic E-state index is -4.68. The lowest BCUT2D eigenvalue weighted by Crippen LogP contribution is -2.21. The molecule has 2 aromatic heterocycles. The monoisotopic (exact) mass is 322 g/mol. The molecule has 2 heterocycles. The molecule has 0 aliphatic heterocycles. The van der Waals surface area contributed by atoms with Gasteiger partial charge in [-0.3, -0.25) is 0 Å². The zero-order valence-corrected chi connectivity index (χ0v) is 11.4. The van der Waals surface area contributed by atoms with Crippen molar-refractivity contribution in [3.8, 4) is 0 Å². The highest BCUT2D eigenvalue weighted by molar-refractivity contribution is 7.98. The number of hydrogen-bond acceptors (Lipinski definition) is 7. The number of ether oxygens (including phenoxy) is 1. The van der Waals surface area contributed by atoms with Crippen molar-refractivity contribution in [3.63, 3.8) is 0 Å². The number of hydrogen-bond donors (Lipinski definition) is 1. The van der Waals surface area contributed by atoms with Gasteiger partial charge in [0.05, 0.1) is 12.9 Å². The quantitative estimate of drug-likeness (QED) is 0.520. The molecule has 0 bridgehead atoms. The number of rotatable bonds is 4. The number of halogens is 3. The lowest BCUT2D eigenvalue weighted by molar-refractivity contribution is -0.146. The van der Waals surface area contributed by atoms with Gasteiger partial charge in [0, 0.05) is 0 Å². The van der Waals surface area contributed by atoms with Crippen molar-refractivity contribution in [1.82, 2.24) is 14.9 Å². The van der Waals surface area contributed by atoms with Crippen molar-refractivity contribution < 1.29 is 27.1 Å². The lowest BCUT2D eigenvalue weighted by atomic mass is 10.4. The third-order valence-electron chi connectivity index (χ3n) is 2.31. The van der Waals surface area contributed by atoms with Crippen LogP contribution >= 0.6 is 11.8 Å². The maximum absolute atomic E-state index is 12.5. The second-order valence-electron chi connectivity index (χ2n) is 3.72. The molecule has 11 heteroatoms. The van der Waals surface area contributed by atoms with Crippen molar-refractivity contribution in [2.45, 2.75) is 17.1 Å². The van der Waals surface area contributed by atoms with E-state index in [9.17, 15) is 18.0 Å². The Morgan fingerprint density at radius 3 is 2.76 bits per heavy atom. The summed E-state index contributed by atoms with van der Waals surface area (Å²) in [6.07, 6.45) is -4.68. The highest BCUT2D eigenvalue weighted by Crippen LogP contribution is 2.30. The Balaban J connectivity index is 2.05. The van der Waals surface area contributed by atoms with E-state index in [1.54, 1.807) is 0 Å². The molecule has 21 heavy (non-hydrogen) atoms. The summed E-state index contributed by atoms with van der Waals surface area (Å²) in [7, 11) is 1.20. The zero-order chi connectivity index (χ0) is 15.6. The summed E-state index contributed by atoms with van der Waals surface area (Å²) >= 11 is 0.888. The van der Waals surface area contributed by atoms with Crippen LogP contribution in [0.5, 0.6) is 0 Å². The average Bonchev–Trinajstić information content (AvgIpc) is 3.01. The summed E-state index contributed by atoms with van der Waals surface area (Å²) in [6, 6.07) is 2.90. The number of nitrogens with zero attached hydrogens (tertiary/aromatic N) is 3. The first kappa shape index (κ1) is 15.2. The molecular formula is C10H9F3N4O3S. The standard InChI is InChI=1S/C10H9F3N4O3S/c1-19-7(18)6-3-2-5(20-6)4-21-9-16-15-8(17(9)14)10(11,12)13/h2-3H,4,14H2,1H3. The second-order valence-corrected chi connectivity index (χ2v) is 4.66. The summed E-state index contributed by atoms with van der Waals surface area (Å²) < 4.78 is 47.4. The number of nitrogens with two attached hydrogens (primary N) is 1. The van der Waals surface area contributed by atoms with E-state index in [0.717, 1.165) is 11.8 Å². The molecular weight excluding hydrogens is 313 g/mol. The fraction of sp³-hybridized carbons (Fsp3) is 0.300. The number of furan rings is 1. The molecule has 0 spiro atoms. The molecule has 0 amide bonds. The van der Waals surface area contributed by atoms with Crippen LogP contribution in [0.15, 0.2) is 21.7 Å². The van der Waals surface area contributed by atoms with Crippen LogP contribution in [-0.2, 0) is 16.7 Å². The van der Waals surface area contributed by atoms with Gasteiger partial charge in [-0.15, -0.1) is 10.2 Å². The van der Waals surface area contributed by atoms with Crippen molar-refractivity contribution in [2.24, 2.45) is 0 Å². The molecule has 0 atom stereocenters. The molecule has 0 aliphatic carbocycles. The number of carbonyl (C=O) groups excluding carboxylic acids is 1. The first-order valence-corrected chi connectivity index (χ1v) is 6.39. The van der Waals surface area contributed by atoms with E-state index in [1.165, 1.54) is 19.2 Å². The van der Waals surface area contributed by atoms with Crippen LogP contribution in [0.2, 0.25) is 0 Å². The molecule has 0 aromatic carbocycles. The van der Waals surface area contributed by atoms with E-state index in [-0.39, 0.29) is 16.7 Å². The maximum atomic E-state index is 12.5. The third kappa shape index (κ3) is 3.29. The number of carbonyl (C=O) groups is 1. The molecule has 114 valence electrons. The highest BCUT2D eigenvalue weighted by atomic mass is 32.2.